The zero-order valence-electron chi connectivity index (χ0n) is 11.8. The topological polar surface area (TPSA) is 66.8 Å². The van der Waals surface area contributed by atoms with Crippen molar-refractivity contribution in [2.45, 2.75) is 6.42 Å². The first-order valence-electron chi connectivity index (χ1n) is 6.99. The average molecular weight is 297 g/mol. The first kappa shape index (κ1) is 14.1. The van der Waals surface area contributed by atoms with Gasteiger partial charge in [-0.05, 0) is 36.4 Å². The Morgan fingerprint density at radius 2 is 1.68 bits per heavy atom. The van der Waals surface area contributed by atoms with E-state index in [-0.39, 0.29) is 18.9 Å². The first-order chi connectivity index (χ1) is 10.6. The molecule has 1 heterocycles. The third-order valence-corrected chi connectivity index (χ3v) is 3.60. The van der Waals surface area contributed by atoms with E-state index in [0.717, 1.165) is 5.75 Å². The maximum absolute atomic E-state index is 11.9. The third-order valence-electron chi connectivity index (χ3n) is 3.60. The molecule has 112 valence electrons. The van der Waals surface area contributed by atoms with Crippen LogP contribution in [0.5, 0.6) is 11.5 Å². The van der Waals surface area contributed by atoms with E-state index in [0.29, 0.717) is 11.4 Å². The first-order valence-corrected chi connectivity index (χ1v) is 6.99. The van der Waals surface area contributed by atoms with Gasteiger partial charge in [0.25, 0.3) is 0 Å². The van der Waals surface area contributed by atoms with Crippen LogP contribution in [0.25, 0.3) is 0 Å². The molecule has 0 radical (unpaired) electrons. The molecule has 1 atom stereocenters. The minimum atomic E-state index is -0.931. The Balaban J connectivity index is 1.72. The molecule has 0 aliphatic carbocycles. The summed E-state index contributed by atoms with van der Waals surface area (Å²) in [4.78, 5) is 24.4. The smallest absolute Gasteiger partial charge is 0.308 e. The van der Waals surface area contributed by atoms with Crippen molar-refractivity contribution in [3.63, 3.8) is 0 Å². The lowest BCUT2D eigenvalue weighted by Gasteiger charge is -2.16. The fraction of sp³-hybridized carbons (Fsp3) is 0.176. The number of carboxylic acid groups (broad SMARTS) is 1. The number of anilines is 1. The number of amides is 1. The van der Waals surface area contributed by atoms with Gasteiger partial charge in [0.1, 0.15) is 11.5 Å². The number of carboxylic acids is 1. The van der Waals surface area contributed by atoms with E-state index in [9.17, 15) is 9.59 Å². The van der Waals surface area contributed by atoms with Crippen molar-refractivity contribution in [3.05, 3.63) is 54.6 Å². The molecule has 2 aromatic carbocycles. The van der Waals surface area contributed by atoms with Crippen molar-refractivity contribution in [1.29, 1.82) is 0 Å². The molecule has 0 spiro atoms. The van der Waals surface area contributed by atoms with Crippen LogP contribution in [-0.2, 0) is 9.59 Å². The van der Waals surface area contributed by atoms with Gasteiger partial charge < -0.3 is 14.7 Å². The molecule has 3 rings (SSSR count). The van der Waals surface area contributed by atoms with Crippen LogP contribution in [0.2, 0.25) is 0 Å². The number of benzene rings is 2. The number of nitrogens with zero attached hydrogens (tertiary/aromatic N) is 1. The molecule has 1 aliphatic heterocycles. The molecule has 5 nitrogen and oxygen atoms in total. The van der Waals surface area contributed by atoms with E-state index in [2.05, 4.69) is 0 Å². The van der Waals surface area contributed by atoms with Gasteiger partial charge in [-0.3, -0.25) is 9.59 Å². The number of aliphatic carboxylic acids is 1. The normalized spacial score (nSPS) is 17.5. The van der Waals surface area contributed by atoms with Crippen LogP contribution in [0.15, 0.2) is 54.6 Å². The van der Waals surface area contributed by atoms with E-state index in [1.807, 2.05) is 30.3 Å². The van der Waals surface area contributed by atoms with Gasteiger partial charge in [-0.1, -0.05) is 18.2 Å². The number of hydrogen-bond donors (Lipinski definition) is 1. The van der Waals surface area contributed by atoms with E-state index >= 15 is 0 Å². The maximum atomic E-state index is 11.9. The van der Waals surface area contributed by atoms with Gasteiger partial charge in [0.15, 0.2) is 0 Å². The number of para-hydroxylation sites is 1. The van der Waals surface area contributed by atoms with Crippen molar-refractivity contribution < 1.29 is 19.4 Å². The van der Waals surface area contributed by atoms with E-state index in [4.69, 9.17) is 9.84 Å². The largest absolute Gasteiger partial charge is 0.481 e. The molecular formula is C17H15NO4. The molecule has 0 bridgehead atoms. The van der Waals surface area contributed by atoms with Crippen molar-refractivity contribution >= 4 is 17.6 Å². The monoisotopic (exact) mass is 297 g/mol. The van der Waals surface area contributed by atoms with Crippen LogP contribution < -0.4 is 9.64 Å². The zero-order valence-corrected chi connectivity index (χ0v) is 11.8. The predicted molar refractivity (Wildman–Crippen MR) is 81.1 cm³/mol. The Morgan fingerprint density at radius 1 is 1.05 bits per heavy atom. The fourth-order valence-corrected chi connectivity index (χ4v) is 2.44. The van der Waals surface area contributed by atoms with Crippen LogP contribution in [-0.4, -0.2) is 23.5 Å². The van der Waals surface area contributed by atoms with Crippen molar-refractivity contribution in [3.8, 4) is 11.5 Å². The third kappa shape index (κ3) is 2.93. The van der Waals surface area contributed by atoms with Crippen LogP contribution in [0.3, 0.4) is 0 Å². The summed E-state index contributed by atoms with van der Waals surface area (Å²) in [6.45, 7) is 0.215. The molecular weight excluding hydrogens is 282 g/mol. The summed E-state index contributed by atoms with van der Waals surface area (Å²) in [5.41, 5.74) is 0.689. The molecule has 1 N–H and O–H groups in total. The molecule has 1 fully saturated rings. The highest BCUT2D eigenvalue weighted by atomic mass is 16.5. The fourth-order valence-electron chi connectivity index (χ4n) is 2.44. The Hall–Kier alpha value is -2.82. The van der Waals surface area contributed by atoms with Crippen LogP contribution in [0.1, 0.15) is 6.42 Å². The number of rotatable bonds is 4. The molecule has 0 saturated carbocycles. The summed E-state index contributed by atoms with van der Waals surface area (Å²) >= 11 is 0. The SMILES string of the molecule is O=C(O)[C@H]1CC(=O)N(c2ccc(Oc3ccccc3)cc2)C1. The van der Waals surface area contributed by atoms with Crippen molar-refractivity contribution in [2.24, 2.45) is 5.92 Å². The average Bonchev–Trinajstić information content (AvgIpc) is 2.91. The second-order valence-corrected chi connectivity index (χ2v) is 5.15. The Kier molecular flexibility index (Phi) is 3.78. The Labute approximate surface area is 127 Å². The number of carbonyl (C=O) groups excluding carboxylic acids is 1. The lowest BCUT2D eigenvalue weighted by Crippen LogP contribution is -2.25. The van der Waals surface area contributed by atoms with Gasteiger partial charge in [-0.2, -0.15) is 0 Å². The number of hydrogen-bond acceptors (Lipinski definition) is 3. The van der Waals surface area contributed by atoms with E-state index in [1.165, 1.54) is 4.90 Å². The molecule has 1 saturated heterocycles. The minimum absolute atomic E-state index is 0.0532. The summed E-state index contributed by atoms with van der Waals surface area (Å²) in [5.74, 6) is -0.327. The summed E-state index contributed by atoms with van der Waals surface area (Å²) in [6.07, 6.45) is 0.0532. The van der Waals surface area contributed by atoms with E-state index in [1.54, 1.807) is 24.3 Å². The zero-order chi connectivity index (χ0) is 15.5. The minimum Gasteiger partial charge on any atom is -0.481 e. The van der Waals surface area contributed by atoms with Gasteiger partial charge in [0.05, 0.1) is 5.92 Å². The quantitative estimate of drug-likeness (QED) is 0.942. The summed E-state index contributed by atoms with van der Waals surface area (Å²) in [6, 6.07) is 16.5. The van der Waals surface area contributed by atoms with Crippen LogP contribution in [0, 0.1) is 5.92 Å². The van der Waals surface area contributed by atoms with Gasteiger partial charge in [0.2, 0.25) is 5.91 Å². The summed E-state index contributed by atoms with van der Waals surface area (Å²) in [5, 5.41) is 9.01. The standard InChI is InChI=1S/C17H15NO4/c19-16-10-12(17(20)21)11-18(16)13-6-8-15(9-7-13)22-14-4-2-1-3-5-14/h1-9,12H,10-11H2,(H,20,21)/t12-/m0/s1. The molecule has 1 aliphatic rings. The van der Waals surface area contributed by atoms with Gasteiger partial charge in [-0.25, -0.2) is 0 Å². The Morgan fingerprint density at radius 3 is 2.27 bits per heavy atom. The second kappa shape index (κ2) is 5.89. The Bertz CT molecular complexity index is 682. The molecule has 2 aromatic rings. The molecule has 0 aromatic heterocycles. The van der Waals surface area contributed by atoms with Crippen LogP contribution in [0.4, 0.5) is 5.69 Å². The number of carbonyl (C=O) groups is 2. The van der Waals surface area contributed by atoms with Crippen molar-refractivity contribution in [2.75, 3.05) is 11.4 Å². The highest BCUT2D eigenvalue weighted by molar-refractivity contribution is 5.99. The highest BCUT2D eigenvalue weighted by Gasteiger charge is 2.34. The maximum Gasteiger partial charge on any atom is 0.308 e. The second-order valence-electron chi connectivity index (χ2n) is 5.15. The number of ether oxygens (including phenoxy) is 1. The highest BCUT2D eigenvalue weighted by Crippen LogP contribution is 2.28. The van der Waals surface area contributed by atoms with Crippen molar-refractivity contribution in [1.82, 2.24) is 0 Å². The molecule has 1 amide bonds. The lowest BCUT2D eigenvalue weighted by atomic mass is 10.1. The van der Waals surface area contributed by atoms with E-state index < -0.39 is 11.9 Å². The van der Waals surface area contributed by atoms with Crippen LogP contribution >= 0.6 is 0 Å². The predicted octanol–water partition coefficient (Wildman–Crippen LogP) is 2.92. The molecule has 22 heavy (non-hydrogen) atoms. The van der Waals surface area contributed by atoms with Gasteiger partial charge in [-0.15, -0.1) is 0 Å². The lowest BCUT2D eigenvalue weighted by molar-refractivity contribution is -0.141. The van der Waals surface area contributed by atoms with Gasteiger partial charge in [0, 0.05) is 18.7 Å². The summed E-state index contributed by atoms with van der Waals surface area (Å²) < 4.78 is 5.68. The molecule has 0 unspecified atom stereocenters. The van der Waals surface area contributed by atoms with Gasteiger partial charge >= 0.3 is 5.97 Å². The molecule has 5 heteroatoms. The summed E-state index contributed by atoms with van der Waals surface area (Å²) in [7, 11) is 0.